The lowest BCUT2D eigenvalue weighted by Gasteiger charge is -2.31. The van der Waals surface area contributed by atoms with E-state index in [1.165, 1.54) is 71.3 Å². The molecule has 0 aliphatic carbocycles. The smallest absolute Gasteiger partial charge is 0.295 e. The number of carbonyl (C=O) groups is 4. The molecule has 0 saturated heterocycles. The van der Waals surface area contributed by atoms with E-state index in [9.17, 15) is 89.1 Å². The summed E-state index contributed by atoms with van der Waals surface area (Å²) in [4.78, 5) is 52.0. The Labute approximate surface area is 690 Å². The lowest BCUT2D eigenvalue weighted by atomic mass is 9.79. The van der Waals surface area contributed by atoms with Gasteiger partial charge in [0.2, 0.25) is 33.4 Å². The van der Waals surface area contributed by atoms with Crippen molar-refractivity contribution in [2.45, 2.75) is 173 Å². The zero-order chi connectivity index (χ0) is 87.0. The summed E-state index contributed by atoms with van der Waals surface area (Å²) in [5.74, 6) is -2.32. The molecule has 648 valence electrons. The van der Waals surface area contributed by atoms with Crippen molar-refractivity contribution in [3.63, 3.8) is 0 Å². The highest BCUT2D eigenvalue weighted by Gasteiger charge is 2.47. The van der Waals surface area contributed by atoms with Gasteiger partial charge in [-0.3, -0.25) is 47.0 Å². The molecule has 2 unspecified atom stereocenters. The van der Waals surface area contributed by atoms with Crippen LogP contribution in [0, 0.1) is 5.92 Å². The summed E-state index contributed by atoms with van der Waals surface area (Å²) in [6.45, 7) is 13.8. The Morgan fingerprint density at radius 1 is 0.622 bits per heavy atom. The molecule has 2 atom stereocenters. The van der Waals surface area contributed by atoms with E-state index in [0.29, 0.717) is 103 Å². The van der Waals surface area contributed by atoms with Crippen LogP contribution in [0.3, 0.4) is 0 Å². The summed E-state index contributed by atoms with van der Waals surface area (Å²) in [6, 6.07) is 13.3. The number of halogens is 1. The largest absolute Gasteiger partial charge is 0.497 e. The average molecular weight is 1760 g/mol. The fourth-order valence-corrected chi connectivity index (χ4v) is 19.1. The van der Waals surface area contributed by atoms with Crippen molar-refractivity contribution in [2.75, 3.05) is 84.5 Å². The van der Waals surface area contributed by atoms with Gasteiger partial charge in [-0.2, -0.15) is 42.6 Å². The Balaban J connectivity index is 0.764. The molecule has 0 bridgehead atoms. The van der Waals surface area contributed by atoms with E-state index >= 15 is 0 Å². The van der Waals surface area contributed by atoms with Crippen LogP contribution in [-0.4, -0.2) is 225 Å². The third-order valence-corrected chi connectivity index (χ3v) is 25.6. The normalized spacial score (nSPS) is 15.3. The van der Waals surface area contributed by atoms with Crippen LogP contribution in [0.4, 0.5) is 15.8 Å². The molecule has 9 N–H and O–H groups in total. The van der Waals surface area contributed by atoms with Gasteiger partial charge in [0.05, 0.1) is 98.0 Å². The van der Waals surface area contributed by atoms with Crippen LogP contribution in [-0.2, 0) is 121 Å². The summed E-state index contributed by atoms with van der Waals surface area (Å²) >= 11 is 0. The number of hydrogen-bond acceptors (Lipinski definition) is 24. The Kier molecular flexibility index (Phi) is 31.7. The number of unbranched alkanes of at least 4 members (excludes halogenated alkanes) is 3. The van der Waals surface area contributed by atoms with E-state index in [2.05, 4.69) is 36.6 Å². The summed E-state index contributed by atoms with van der Waals surface area (Å²) < 4.78 is 211. The minimum Gasteiger partial charge on any atom is -0.497 e. The van der Waals surface area contributed by atoms with Crippen LogP contribution in [0.1, 0.15) is 122 Å². The van der Waals surface area contributed by atoms with Crippen LogP contribution in [0.15, 0.2) is 146 Å². The molecule has 4 heterocycles. The van der Waals surface area contributed by atoms with Gasteiger partial charge < -0.3 is 39.8 Å². The van der Waals surface area contributed by atoms with Crippen molar-refractivity contribution >= 4 is 113 Å². The number of aromatic nitrogens is 6. The van der Waals surface area contributed by atoms with E-state index in [1.807, 2.05) is 56.2 Å². The van der Waals surface area contributed by atoms with E-state index < -0.39 is 123 Å². The van der Waals surface area contributed by atoms with E-state index in [1.54, 1.807) is 49.7 Å². The quantitative estimate of drug-likeness (QED) is 0.00468. The number of sulfonamides is 1. The van der Waals surface area contributed by atoms with Crippen molar-refractivity contribution in [3.05, 3.63) is 144 Å². The van der Waals surface area contributed by atoms with Gasteiger partial charge in [-0.25, -0.2) is 23.3 Å². The topological polar surface area (TPSA) is 496 Å². The zero-order valence-electron chi connectivity index (χ0n) is 67.0. The maximum atomic E-state index is 13.9. The standard InChI is InChI=1S/C77H100FN13O23S5/c1-9-89-63-30-28-58-60(43-56(116(99,100)101)45-65(58)118(105,106)107)71(63)76(4,5)67(89)21-12-10-13-22-68-77(6,7)72-61-44-57(117(102,103)104)46-66(119(108,109)110)59(61)29-31-64(72)90(68)35-17-11-14-23-69(92)79-33-16-15-20-62(81-70(93)50-88-47-52(82-86-88)19-18-32-78)74(94)80-34-37-112-39-41-114-42-40-113-38-36-87-48-53(83-85-87)49-91(73(51(2)3)75(95)84-96)115(97,98)55-26-24-54(111-8)25-27-55/h10,12-13,21-22,24-31,43-48,51,62,73H,9,11,14-20,23,32-42,49-50H2,1-8H3,(H8-,79,80,81,82,83,84,85,86,92,93,94,95,96,99,100,101,102,103,104,105,106,107,108,109,110)/p+1. The molecule has 0 saturated carbocycles. The summed E-state index contributed by atoms with van der Waals surface area (Å²) in [5, 5.41) is 34.5. The fourth-order valence-electron chi connectivity index (χ4n) is 14.7. The highest BCUT2D eigenvalue weighted by molar-refractivity contribution is 7.89. The Bertz CT molecular complexity index is 5600. The number of likely N-dealkylation sites (N-methyl/N-ethyl adjacent to an activating group) is 1. The van der Waals surface area contributed by atoms with Crippen LogP contribution in [0.2, 0.25) is 0 Å². The number of ether oxygens (including phenoxy) is 4. The SMILES string of the molecule is CCN1\C(=C/C=C/C=C/C2=[N+](CCCCCC(=O)NCCCCC(NC(=O)Cn3cc(CCCF)nn3)C(=O)NCCOCCOCCOCCn3cc(CN(C(C(=O)NO)C(C)C)S(=O)(=O)c4ccc(OC)cc4)nn3)c3ccc4c(S(=O)(=O)O)cc(S(=O)(=O)O)cc4c3C2(C)C)C(C)(C)c2c1ccc1c(S(=O)(=O)O)cc(S(=O)(=O)O)cc21. The van der Waals surface area contributed by atoms with Crippen LogP contribution < -0.4 is 31.1 Å². The maximum absolute atomic E-state index is 13.9. The molecule has 5 aromatic carbocycles. The Morgan fingerprint density at radius 2 is 1.23 bits per heavy atom. The monoisotopic (exact) mass is 1750 g/mol. The number of alkyl halides is 1. The van der Waals surface area contributed by atoms with Crippen LogP contribution >= 0.6 is 0 Å². The minimum atomic E-state index is -5.05. The molecule has 119 heavy (non-hydrogen) atoms. The lowest BCUT2D eigenvalue weighted by Crippen LogP contribution is -2.51. The number of hydrogen-bond donors (Lipinski definition) is 9. The number of aryl methyl sites for hydroxylation is 1. The molecule has 0 radical (unpaired) electrons. The molecule has 42 heteroatoms. The molecule has 9 rings (SSSR count). The Hall–Kier alpha value is -9.41. The first-order valence-corrected chi connectivity index (χ1v) is 45.5. The van der Waals surface area contributed by atoms with E-state index in [-0.39, 0.29) is 130 Å². The van der Waals surface area contributed by atoms with E-state index in [4.69, 9.17) is 18.9 Å². The predicted molar refractivity (Wildman–Crippen MR) is 434 cm³/mol. The molecular weight excluding hydrogens is 1650 g/mol. The zero-order valence-corrected chi connectivity index (χ0v) is 71.1. The second-order valence-corrected chi connectivity index (χ2v) is 37.2. The van der Waals surface area contributed by atoms with Gasteiger partial charge >= 0.3 is 0 Å². The predicted octanol–water partition coefficient (Wildman–Crippen LogP) is 6.88. The van der Waals surface area contributed by atoms with Gasteiger partial charge in [0.1, 0.15) is 40.7 Å². The van der Waals surface area contributed by atoms with Crippen molar-refractivity contribution < 1.29 is 113 Å². The highest BCUT2D eigenvalue weighted by atomic mass is 32.2. The number of hydroxylamine groups is 1. The van der Waals surface area contributed by atoms with E-state index in [0.717, 1.165) is 16.1 Å². The van der Waals surface area contributed by atoms with Crippen molar-refractivity contribution in [2.24, 2.45) is 5.92 Å². The number of rotatable bonds is 46. The second kappa shape index (κ2) is 40.3. The van der Waals surface area contributed by atoms with Gasteiger partial charge in [0.25, 0.3) is 46.4 Å². The minimum absolute atomic E-state index is 0.00645. The van der Waals surface area contributed by atoms with Crippen molar-refractivity contribution in [1.82, 2.24) is 55.7 Å². The molecule has 2 aliphatic heterocycles. The number of nitrogens with zero attached hydrogens (tertiary/aromatic N) is 9. The van der Waals surface area contributed by atoms with Gasteiger partial charge in [0, 0.05) is 90.1 Å². The van der Waals surface area contributed by atoms with Gasteiger partial charge in [0.15, 0.2) is 5.71 Å². The van der Waals surface area contributed by atoms with Crippen molar-refractivity contribution in [3.8, 4) is 5.75 Å². The summed E-state index contributed by atoms with van der Waals surface area (Å²) in [7, 11) is -22.9. The molecule has 36 nitrogen and oxygen atoms in total. The highest BCUT2D eigenvalue weighted by Crippen LogP contribution is 2.52. The first-order valence-electron chi connectivity index (χ1n) is 38.3. The first-order chi connectivity index (χ1) is 56.2. The number of methoxy groups -OCH3 is 1. The third kappa shape index (κ3) is 23.4. The number of benzene rings is 5. The molecule has 0 fully saturated rings. The van der Waals surface area contributed by atoms with Crippen LogP contribution in [0.25, 0.3) is 21.5 Å². The second-order valence-electron chi connectivity index (χ2n) is 29.6. The molecule has 4 amide bonds. The first kappa shape index (κ1) is 93.5. The molecular formula is C77H101FN13O23S5+. The number of nitrogens with one attached hydrogen (secondary N) is 4. The fraction of sp³-hybridized carbons (Fsp3) is 0.468. The number of anilines is 1. The maximum Gasteiger partial charge on any atom is 0.295 e. The molecule has 2 aliphatic rings. The summed E-state index contributed by atoms with van der Waals surface area (Å²) in [6.07, 6.45) is 15.2. The Morgan fingerprint density at radius 3 is 1.83 bits per heavy atom. The number of amides is 4. The average Bonchev–Trinajstić information content (AvgIpc) is 1.58. The molecule has 2 aromatic heterocycles. The van der Waals surface area contributed by atoms with Gasteiger partial charge in [-0.15, -0.1) is 10.2 Å². The lowest BCUT2D eigenvalue weighted by molar-refractivity contribution is -0.438. The molecule has 7 aromatic rings. The van der Waals surface area contributed by atoms with Crippen LogP contribution in [0.5, 0.6) is 5.75 Å². The number of carbonyl (C=O) groups excluding carboxylic acids is 4. The third-order valence-electron chi connectivity index (χ3n) is 20.3. The van der Waals surface area contributed by atoms with Gasteiger partial charge in [-0.1, -0.05) is 62.4 Å². The number of allylic oxidation sites excluding steroid dienone is 6. The van der Waals surface area contributed by atoms with Gasteiger partial charge in [-0.05, 0) is 155 Å². The number of fused-ring (bicyclic) bond motifs is 6. The summed E-state index contributed by atoms with van der Waals surface area (Å²) in [5.41, 5.74) is 3.93. The van der Waals surface area contributed by atoms with Crippen molar-refractivity contribution in [1.29, 1.82) is 0 Å². The molecule has 0 spiro atoms.